The Morgan fingerprint density at radius 3 is 2.25 bits per heavy atom. The monoisotopic (exact) mass is 617 g/mol. The Morgan fingerprint density at radius 1 is 0.850 bits per heavy atom. The SMILES string of the molecule is Cc1ccc(CNc2cccc(Br)c2)cc1-c1ccc(C(=O)Nc2ccc(CN3CCS(=O)(=O)CC3)cc2)cc1. The van der Waals surface area contributed by atoms with Crippen LogP contribution in [0.5, 0.6) is 0 Å². The Balaban J connectivity index is 1.19. The van der Waals surface area contributed by atoms with E-state index in [2.05, 4.69) is 62.7 Å². The molecule has 40 heavy (non-hydrogen) atoms. The summed E-state index contributed by atoms with van der Waals surface area (Å²) in [6.45, 7) is 4.62. The summed E-state index contributed by atoms with van der Waals surface area (Å²) in [5, 5.41) is 6.44. The molecule has 4 aromatic carbocycles. The van der Waals surface area contributed by atoms with Gasteiger partial charge in [-0.25, -0.2) is 8.42 Å². The number of hydrogen-bond donors (Lipinski definition) is 2. The Kier molecular flexibility index (Phi) is 8.69. The van der Waals surface area contributed by atoms with E-state index in [4.69, 9.17) is 0 Å². The van der Waals surface area contributed by atoms with E-state index >= 15 is 0 Å². The van der Waals surface area contributed by atoms with Gasteiger partial charge in [-0.2, -0.15) is 0 Å². The van der Waals surface area contributed by atoms with Crippen molar-refractivity contribution in [3.05, 3.63) is 118 Å². The summed E-state index contributed by atoms with van der Waals surface area (Å²) in [5.41, 5.74) is 8.02. The first-order valence-electron chi connectivity index (χ1n) is 13.3. The van der Waals surface area contributed by atoms with Crippen molar-refractivity contribution in [1.82, 2.24) is 4.90 Å². The minimum atomic E-state index is -2.88. The summed E-state index contributed by atoms with van der Waals surface area (Å²) in [7, 11) is -2.88. The van der Waals surface area contributed by atoms with Crippen LogP contribution in [0.1, 0.15) is 27.0 Å². The molecule has 0 bridgehead atoms. The minimum Gasteiger partial charge on any atom is -0.381 e. The van der Waals surface area contributed by atoms with Crippen molar-refractivity contribution < 1.29 is 13.2 Å². The molecule has 1 aliphatic rings. The third kappa shape index (κ3) is 7.38. The first-order valence-corrected chi connectivity index (χ1v) is 15.9. The average Bonchev–Trinajstić information content (AvgIpc) is 2.95. The second kappa shape index (κ2) is 12.4. The summed E-state index contributed by atoms with van der Waals surface area (Å²) in [6, 6.07) is 30.0. The van der Waals surface area contributed by atoms with Gasteiger partial charge in [-0.1, -0.05) is 58.4 Å². The molecule has 1 aliphatic heterocycles. The van der Waals surface area contributed by atoms with E-state index in [1.165, 1.54) is 11.1 Å². The van der Waals surface area contributed by atoms with Gasteiger partial charge in [-0.3, -0.25) is 9.69 Å². The van der Waals surface area contributed by atoms with Crippen LogP contribution in [0.25, 0.3) is 11.1 Å². The van der Waals surface area contributed by atoms with Gasteiger partial charge in [0.05, 0.1) is 11.5 Å². The van der Waals surface area contributed by atoms with Crippen molar-refractivity contribution in [2.24, 2.45) is 0 Å². The van der Waals surface area contributed by atoms with Crippen molar-refractivity contribution in [3.63, 3.8) is 0 Å². The number of aryl methyl sites for hydroxylation is 1. The van der Waals surface area contributed by atoms with E-state index in [1.807, 2.05) is 66.7 Å². The average molecular weight is 619 g/mol. The van der Waals surface area contributed by atoms with E-state index in [0.717, 1.165) is 32.5 Å². The van der Waals surface area contributed by atoms with Gasteiger partial charge in [0.25, 0.3) is 5.91 Å². The van der Waals surface area contributed by atoms with Crippen LogP contribution in [-0.2, 0) is 22.9 Å². The van der Waals surface area contributed by atoms with E-state index in [9.17, 15) is 13.2 Å². The molecule has 0 aliphatic carbocycles. The Bertz CT molecular complexity index is 1590. The number of halogens is 1. The molecule has 0 aromatic heterocycles. The topological polar surface area (TPSA) is 78.5 Å². The van der Waals surface area contributed by atoms with Crippen LogP contribution in [0, 0.1) is 6.92 Å². The molecule has 0 atom stereocenters. The number of rotatable bonds is 8. The minimum absolute atomic E-state index is 0.163. The second-order valence-corrected chi connectivity index (χ2v) is 13.4. The fourth-order valence-electron chi connectivity index (χ4n) is 4.76. The van der Waals surface area contributed by atoms with Crippen LogP contribution in [-0.4, -0.2) is 43.8 Å². The number of carbonyl (C=O) groups excluding carboxylic acids is 1. The normalized spacial score (nSPS) is 14.9. The highest BCUT2D eigenvalue weighted by Crippen LogP contribution is 2.26. The molecule has 206 valence electrons. The third-order valence-corrected chi connectivity index (χ3v) is 9.24. The number of benzene rings is 4. The van der Waals surface area contributed by atoms with Gasteiger partial charge in [0.15, 0.2) is 9.84 Å². The molecule has 6 nitrogen and oxygen atoms in total. The molecule has 0 spiro atoms. The first kappa shape index (κ1) is 28.1. The van der Waals surface area contributed by atoms with Gasteiger partial charge < -0.3 is 10.6 Å². The van der Waals surface area contributed by atoms with Gasteiger partial charge in [0, 0.05) is 47.6 Å². The molecular formula is C32H32BrN3O3S. The summed E-state index contributed by atoms with van der Waals surface area (Å²) < 4.78 is 24.3. The molecule has 2 N–H and O–H groups in total. The molecule has 1 saturated heterocycles. The molecule has 1 heterocycles. The first-order chi connectivity index (χ1) is 19.2. The molecular weight excluding hydrogens is 586 g/mol. The van der Waals surface area contributed by atoms with Crippen LogP contribution < -0.4 is 10.6 Å². The predicted octanol–water partition coefficient (Wildman–Crippen LogP) is 6.52. The fourth-order valence-corrected chi connectivity index (χ4v) is 6.43. The molecule has 0 unspecified atom stereocenters. The fraction of sp³-hybridized carbons (Fsp3) is 0.219. The number of carbonyl (C=O) groups is 1. The maximum absolute atomic E-state index is 12.9. The summed E-state index contributed by atoms with van der Waals surface area (Å²) >= 11 is 3.51. The van der Waals surface area contributed by atoms with Crippen LogP contribution in [0.2, 0.25) is 0 Å². The van der Waals surface area contributed by atoms with Gasteiger partial charge in [0.2, 0.25) is 0 Å². The quantitative estimate of drug-likeness (QED) is 0.235. The molecule has 0 radical (unpaired) electrons. The van der Waals surface area contributed by atoms with Crippen molar-refractivity contribution in [2.75, 3.05) is 35.2 Å². The van der Waals surface area contributed by atoms with Gasteiger partial charge in [-0.05, 0) is 83.3 Å². The maximum Gasteiger partial charge on any atom is 0.255 e. The number of sulfone groups is 1. The van der Waals surface area contributed by atoms with Gasteiger partial charge in [-0.15, -0.1) is 0 Å². The maximum atomic E-state index is 12.9. The molecule has 0 saturated carbocycles. The zero-order valence-electron chi connectivity index (χ0n) is 22.4. The number of amides is 1. The number of nitrogens with one attached hydrogen (secondary N) is 2. The lowest BCUT2D eigenvalue weighted by Gasteiger charge is -2.26. The summed E-state index contributed by atoms with van der Waals surface area (Å²) in [6.07, 6.45) is 0. The highest BCUT2D eigenvalue weighted by molar-refractivity contribution is 9.10. The Hall–Kier alpha value is -3.46. The lowest BCUT2D eigenvalue weighted by atomic mass is 9.97. The predicted molar refractivity (Wildman–Crippen MR) is 166 cm³/mol. The van der Waals surface area contributed by atoms with Gasteiger partial charge >= 0.3 is 0 Å². The van der Waals surface area contributed by atoms with E-state index in [-0.39, 0.29) is 17.4 Å². The largest absolute Gasteiger partial charge is 0.381 e. The Morgan fingerprint density at radius 2 is 1.55 bits per heavy atom. The van der Waals surface area contributed by atoms with E-state index < -0.39 is 9.84 Å². The number of anilines is 2. The zero-order valence-corrected chi connectivity index (χ0v) is 24.8. The van der Waals surface area contributed by atoms with Crippen molar-refractivity contribution in [3.8, 4) is 11.1 Å². The summed E-state index contributed by atoms with van der Waals surface area (Å²) in [4.78, 5) is 15.0. The summed E-state index contributed by atoms with van der Waals surface area (Å²) in [5.74, 6) is 0.271. The molecule has 4 aromatic rings. The lowest BCUT2D eigenvalue weighted by Crippen LogP contribution is -2.39. The van der Waals surface area contributed by atoms with E-state index in [1.54, 1.807) is 0 Å². The molecule has 8 heteroatoms. The molecule has 1 fully saturated rings. The van der Waals surface area contributed by atoms with Crippen LogP contribution in [0.3, 0.4) is 0 Å². The number of nitrogens with zero attached hydrogens (tertiary/aromatic N) is 1. The number of hydrogen-bond acceptors (Lipinski definition) is 5. The van der Waals surface area contributed by atoms with Crippen LogP contribution in [0.4, 0.5) is 11.4 Å². The van der Waals surface area contributed by atoms with Crippen molar-refractivity contribution in [1.29, 1.82) is 0 Å². The standard InChI is InChI=1S/C32H32BrN3O3S/c1-23-5-6-25(21-34-30-4-2-3-28(33)20-30)19-31(23)26-9-11-27(12-10-26)32(37)35-29-13-7-24(8-14-29)22-36-15-17-40(38,39)18-16-36/h2-14,19-20,34H,15-18,21-22H2,1H3,(H,35,37). The van der Waals surface area contributed by atoms with Crippen LogP contribution >= 0.6 is 15.9 Å². The highest BCUT2D eigenvalue weighted by Gasteiger charge is 2.21. The van der Waals surface area contributed by atoms with Gasteiger partial charge in [0.1, 0.15) is 0 Å². The van der Waals surface area contributed by atoms with Crippen LogP contribution in [0.15, 0.2) is 95.5 Å². The van der Waals surface area contributed by atoms with Crippen molar-refractivity contribution >= 4 is 43.0 Å². The van der Waals surface area contributed by atoms with Crippen molar-refractivity contribution in [2.45, 2.75) is 20.0 Å². The Labute approximate surface area is 244 Å². The molecule has 1 amide bonds. The molecule has 5 rings (SSSR count). The third-order valence-electron chi connectivity index (χ3n) is 7.14. The zero-order chi connectivity index (χ0) is 28.1. The highest BCUT2D eigenvalue weighted by atomic mass is 79.9. The second-order valence-electron chi connectivity index (χ2n) is 10.2. The lowest BCUT2D eigenvalue weighted by molar-refractivity contribution is 0.102. The smallest absolute Gasteiger partial charge is 0.255 e. The van der Waals surface area contributed by atoms with E-state index in [0.29, 0.717) is 31.7 Å².